The van der Waals surface area contributed by atoms with Gasteiger partial charge in [-0.2, -0.15) is 0 Å². The quantitative estimate of drug-likeness (QED) is 0.427. The zero-order chi connectivity index (χ0) is 22.2. The molecule has 0 unspecified atom stereocenters. The molecule has 0 aromatic heterocycles. The van der Waals surface area contributed by atoms with Crippen molar-refractivity contribution in [2.75, 3.05) is 17.7 Å². The molecule has 3 aromatic carbocycles. The Bertz CT molecular complexity index is 1090. The molecule has 0 aliphatic carbocycles. The van der Waals surface area contributed by atoms with Gasteiger partial charge in [0.25, 0.3) is 5.91 Å². The average molecular weight is 498 g/mol. The zero-order valence-corrected chi connectivity index (χ0v) is 19.0. The van der Waals surface area contributed by atoms with E-state index < -0.39 is 0 Å². The van der Waals surface area contributed by atoms with Crippen molar-refractivity contribution in [1.29, 1.82) is 0 Å². The normalized spacial score (nSPS) is 10.1. The van der Waals surface area contributed by atoms with Crippen molar-refractivity contribution in [2.24, 2.45) is 0 Å². The van der Waals surface area contributed by atoms with Gasteiger partial charge in [-0.15, -0.1) is 0 Å². The lowest BCUT2D eigenvalue weighted by molar-refractivity contribution is -0.115. The Morgan fingerprint density at radius 3 is 2.23 bits per heavy atom. The molecule has 6 nitrogen and oxygen atoms in total. The Hall–Kier alpha value is -3.23. The first-order valence-corrected chi connectivity index (χ1v) is 10.5. The van der Waals surface area contributed by atoms with Crippen molar-refractivity contribution in [3.8, 4) is 5.75 Å². The van der Waals surface area contributed by atoms with E-state index >= 15 is 0 Å². The fourth-order valence-electron chi connectivity index (χ4n) is 2.81. The number of hydrogen-bond donors (Lipinski definition) is 3. The van der Waals surface area contributed by atoms with E-state index in [-0.39, 0.29) is 16.9 Å². The second-order valence-electron chi connectivity index (χ2n) is 6.54. The van der Waals surface area contributed by atoms with E-state index in [1.165, 1.54) is 7.11 Å². The lowest BCUT2D eigenvalue weighted by atomic mass is 10.1. The van der Waals surface area contributed by atoms with E-state index in [2.05, 4.69) is 31.9 Å². The summed E-state index contributed by atoms with van der Waals surface area (Å²) in [5, 5.41) is 8.58. The Labute approximate surface area is 194 Å². The number of carbonyl (C=O) groups excluding carboxylic acids is 2. The summed E-state index contributed by atoms with van der Waals surface area (Å²) in [5.74, 6) is -0.0443. The first-order valence-electron chi connectivity index (χ1n) is 9.34. The summed E-state index contributed by atoms with van der Waals surface area (Å²) < 4.78 is 5.98. The molecular weight excluding hydrogens is 478 g/mol. The van der Waals surface area contributed by atoms with Gasteiger partial charge >= 0.3 is 0 Å². The van der Waals surface area contributed by atoms with Gasteiger partial charge in [-0.25, -0.2) is 0 Å². The second-order valence-corrected chi connectivity index (χ2v) is 7.86. The topological polar surface area (TPSA) is 79.5 Å². The highest BCUT2D eigenvalue weighted by atomic mass is 79.9. The molecule has 8 heteroatoms. The highest BCUT2D eigenvalue weighted by Crippen LogP contribution is 2.23. The van der Waals surface area contributed by atoms with Crippen molar-refractivity contribution in [3.05, 3.63) is 88.4 Å². The SMILES string of the molecule is COc1ccc(Br)cc1C(=O)NC(=S)Nc1ccc(NC(=O)Cc2ccccc2)cc1. The molecule has 0 saturated carbocycles. The maximum atomic E-state index is 12.5. The Balaban J connectivity index is 1.54. The molecule has 158 valence electrons. The summed E-state index contributed by atoms with van der Waals surface area (Å²) in [6.07, 6.45) is 0.302. The lowest BCUT2D eigenvalue weighted by Crippen LogP contribution is -2.34. The van der Waals surface area contributed by atoms with Crippen LogP contribution in [0, 0.1) is 0 Å². The monoisotopic (exact) mass is 497 g/mol. The molecule has 0 atom stereocenters. The van der Waals surface area contributed by atoms with Crippen LogP contribution in [0.15, 0.2) is 77.3 Å². The van der Waals surface area contributed by atoms with Crippen LogP contribution in [0.25, 0.3) is 0 Å². The Morgan fingerprint density at radius 2 is 1.58 bits per heavy atom. The number of thiocarbonyl (C=S) groups is 1. The minimum Gasteiger partial charge on any atom is -0.496 e. The van der Waals surface area contributed by atoms with Gasteiger partial charge in [0.2, 0.25) is 5.91 Å². The molecule has 0 radical (unpaired) electrons. The van der Waals surface area contributed by atoms with Crippen molar-refractivity contribution in [1.82, 2.24) is 5.32 Å². The van der Waals surface area contributed by atoms with Crippen molar-refractivity contribution in [2.45, 2.75) is 6.42 Å². The smallest absolute Gasteiger partial charge is 0.261 e. The summed E-state index contributed by atoms with van der Waals surface area (Å²) in [4.78, 5) is 24.7. The predicted molar refractivity (Wildman–Crippen MR) is 130 cm³/mol. The van der Waals surface area contributed by atoms with Gasteiger partial charge in [0.1, 0.15) is 5.75 Å². The Morgan fingerprint density at radius 1 is 0.935 bits per heavy atom. The first kappa shape index (κ1) is 22.5. The minimum atomic E-state index is -0.388. The van der Waals surface area contributed by atoms with Crippen molar-refractivity contribution >= 4 is 56.4 Å². The summed E-state index contributed by atoms with van der Waals surface area (Å²) in [6.45, 7) is 0. The molecule has 0 heterocycles. The third-order valence-corrected chi connectivity index (χ3v) is 4.96. The number of carbonyl (C=O) groups is 2. The fourth-order valence-corrected chi connectivity index (χ4v) is 3.39. The zero-order valence-electron chi connectivity index (χ0n) is 16.6. The third-order valence-electron chi connectivity index (χ3n) is 4.27. The average Bonchev–Trinajstić information content (AvgIpc) is 2.75. The maximum Gasteiger partial charge on any atom is 0.261 e. The number of hydrogen-bond acceptors (Lipinski definition) is 4. The van der Waals surface area contributed by atoms with Crippen molar-refractivity contribution in [3.63, 3.8) is 0 Å². The number of benzene rings is 3. The van der Waals surface area contributed by atoms with E-state index in [0.717, 1.165) is 10.0 Å². The number of nitrogens with one attached hydrogen (secondary N) is 3. The standard InChI is InChI=1S/C23H20BrN3O3S/c1-30-20-12-7-16(24)14-19(20)22(29)27-23(31)26-18-10-8-17(9-11-18)25-21(28)13-15-5-3-2-4-6-15/h2-12,14H,13H2,1H3,(H,25,28)(H2,26,27,29,31). The molecule has 3 rings (SSSR count). The number of halogens is 1. The van der Waals surface area contributed by atoms with Gasteiger partial charge in [-0.1, -0.05) is 46.3 Å². The Kier molecular flexibility index (Phi) is 7.75. The molecule has 0 aliphatic rings. The number of methoxy groups -OCH3 is 1. The van der Waals surface area contributed by atoms with Gasteiger partial charge < -0.3 is 15.4 Å². The lowest BCUT2D eigenvalue weighted by Gasteiger charge is -2.12. The number of rotatable bonds is 6. The van der Waals surface area contributed by atoms with Crippen LogP contribution in [-0.4, -0.2) is 24.0 Å². The van der Waals surface area contributed by atoms with Crippen LogP contribution in [-0.2, 0) is 11.2 Å². The summed E-state index contributed by atoms with van der Waals surface area (Å²) in [5.41, 5.74) is 2.65. The van der Waals surface area contributed by atoms with E-state index in [9.17, 15) is 9.59 Å². The molecule has 0 bridgehead atoms. The molecular formula is C23H20BrN3O3S. The molecule has 3 N–H and O–H groups in total. The number of anilines is 2. The van der Waals surface area contributed by atoms with Crippen LogP contribution in [0.1, 0.15) is 15.9 Å². The highest BCUT2D eigenvalue weighted by Gasteiger charge is 2.14. The molecule has 2 amide bonds. The van der Waals surface area contributed by atoms with Gasteiger partial charge in [0.05, 0.1) is 19.1 Å². The highest BCUT2D eigenvalue weighted by molar-refractivity contribution is 9.10. The van der Waals surface area contributed by atoms with Crippen LogP contribution < -0.4 is 20.7 Å². The summed E-state index contributed by atoms with van der Waals surface area (Å²) in [7, 11) is 1.50. The summed E-state index contributed by atoms with van der Waals surface area (Å²) >= 11 is 8.58. The fraction of sp³-hybridized carbons (Fsp3) is 0.0870. The van der Waals surface area contributed by atoms with Crippen LogP contribution in [0.2, 0.25) is 0 Å². The van der Waals surface area contributed by atoms with Crippen LogP contribution >= 0.6 is 28.1 Å². The predicted octanol–water partition coefficient (Wildman–Crippen LogP) is 4.77. The molecule has 0 saturated heterocycles. The van der Waals surface area contributed by atoms with Gasteiger partial charge in [-0.05, 0) is 60.2 Å². The van der Waals surface area contributed by atoms with E-state index in [1.807, 2.05) is 30.3 Å². The number of ether oxygens (including phenoxy) is 1. The van der Waals surface area contributed by atoms with Gasteiger partial charge in [0.15, 0.2) is 5.11 Å². The second kappa shape index (κ2) is 10.7. The minimum absolute atomic E-state index is 0.0994. The summed E-state index contributed by atoms with van der Waals surface area (Å²) in [6, 6.07) is 21.7. The van der Waals surface area contributed by atoms with Gasteiger partial charge in [-0.3, -0.25) is 14.9 Å². The van der Waals surface area contributed by atoms with E-state index in [1.54, 1.807) is 42.5 Å². The molecule has 31 heavy (non-hydrogen) atoms. The van der Waals surface area contributed by atoms with Gasteiger partial charge in [0, 0.05) is 15.8 Å². The third kappa shape index (κ3) is 6.63. The largest absolute Gasteiger partial charge is 0.496 e. The molecule has 3 aromatic rings. The number of amides is 2. The van der Waals surface area contributed by atoms with E-state index in [0.29, 0.717) is 29.1 Å². The molecule has 0 spiro atoms. The van der Waals surface area contributed by atoms with Crippen molar-refractivity contribution < 1.29 is 14.3 Å². The first-order chi connectivity index (χ1) is 14.9. The van der Waals surface area contributed by atoms with Crippen LogP contribution in [0.4, 0.5) is 11.4 Å². The molecule has 0 fully saturated rings. The van der Waals surface area contributed by atoms with Crippen LogP contribution in [0.5, 0.6) is 5.75 Å². The van der Waals surface area contributed by atoms with Crippen LogP contribution in [0.3, 0.4) is 0 Å². The molecule has 0 aliphatic heterocycles. The maximum absolute atomic E-state index is 12.5. The van der Waals surface area contributed by atoms with E-state index in [4.69, 9.17) is 17.0 Å².